The molecule has 0 spiro atoms. The van der Waals surface area contributed by atoms with Crippen LogP contribution < -0.4 is 0 Å². The van der Waals surface area contributed by atoms with E-state index in [9.17, 15) is 0 Å². The largest absolute Gasteiger partial charge is 0.435 e. The predicted octanol–water partition coefficient (Wildman–Crippen LogP) is 4.52. The molecule has 1 heterocycles. The van der Waals surface area contributed by atoms with Crippen molar-refractivity contribution >= 4 is 25.2 Å². The van der Waals surface area contributed by atoms with Crippen LogP contribution in [0.1, 0.15) is 26.7 Å². The standard InChI is InChI=1S/C16H38O4Si3/c1-10-12-17-13-15-14-18-16(15,11-2)23(9,19-21(3,4)5)20-22(6,7)8/h15H,10-14H2,1-9H3. The van der Waals surface area contributed by atoms with Crippen LogP contribution >= 0.6 is 0 Å². The van der Waals surface area contributed by atoms with Gasteiger partial charge in [-0.15, -0.1) is 0 Å². The molecule has 23 heavy (non-hydrogen) atoms. The van der Waals surface area contributed by atoms with Crippen LogP contribution in [0.2, 0.25) is 45.8 Å². The third-order valence-electron chi connectivity index (χ3n) is 4.16. The summed E-state index contributed by atoms with van der Waals surface area (Å²) < 4.78 is 25.6. The van der Waals surface area contributed by atoms with Crippen molar-refractivity contribution in [3.8, 4) is 0 Å². The maximum atomic E-state index is 6.75. The van der Waals surface area contributed by atoms with Gasteiger partial charge in [-0.25, -0.2) is 0 Å². The van der Waals surface area contributed by atoms with E-state index in [0.717, 1.165) is 32.7 Å². The molecule has 0 N–H and O–H groups in total. The van der Waals surface area contributed by atoms with E-state index in [4.69, 9.17) is 17.7 Å². The van der Waals surface area contributed by atoms with E-state index < -0.39 is 25.2 Å². The molecule has 0 bridgehead atoms. The zero-order valence-corrected chi connectivity index (χ0v) is 19.7. The Balaban J connectivity index is 3.05. The highest BCUT2D eigenvalue weighted by Crippen LogP contribution is 2.46. The molecule has 0 aromatic rings. The van der Waals surface area contributed by atoms with Crippen LogP contribution in [0.25, 0.3) is 0 Å². The molecule has 1 fully saturated rings. The fourth-order valence-electron chi connectivity index (χ4n) is 3.53. The summed E-state index contributed by atoms with van der Waals surface area (Å²) in [6.45, 7) is 22.4. The van der Waals surface area contributed by atoms with Gasteiger partial charge in [0.25, 0.3) is 0 Å². The molecule has 0 amide bonds. The van der Waals surface area contributed by atoms with Gasteiger partial charge < -0.3 is 17.7 Å². The number of ether oxygens (including phenoxy) is 2. The molecule has 4 nitrogen and oxygen atoms in total. The second kappa shape index (κ2) is 7.80. The minimum atomic E-state index is -2.49. The molecule has 2 atom stereocenters. The van der Waals surface area contributed by atoms with Crippen molar-refractivity contribution in [3.05, 3.63) is 0 Å². The number of rotatable bonds is 10. The molecular weight excluding hydrogens is 340 g/mol. The quantitative estimate of drug-likeness (QED) is 0.413. The minimum absolute atomic E-state index is 0.263. The second-order valence-electron chi connectivity index (χ2n) is 8.70. The zero-order chi connectivity index (χ0) is 17.9. The topological polar surface area (TPSA) is 36.9 Å². The van der Waals surface area contributed by atoms with E-state index in [2.05, 4.69) is 59.7 Å². The van der Waals surface area contributed by atoms with E-state index in [1.807, 2.05) is 0 Å². The first kappa shape index (κ1) is 21.5. The molecule has 0 saturated carbocycles. The lowest BCUT2D eigenvalue weighted by atomic mass is 9.95. The molecule has 0 radical (unpaired) electrons. The molecule has 1 saturated heterocycles. The molecule has 0 aromatic heterocycles. The van der Waals surface area contributed by atoms with Crippen molar-refractivity contribution in [1.82, 2.24) is 0 Å². The Morgan fingerprint density at radius 1 is 0.957 bits per heavy atom. The maximum absolute atomic E-state index is 6.75. The van der Waals surface area contributed by atoms with Crippen molar-refractivity contribution in [3.63, 3.8) is 0 Å². The predicted molar refractivity (Wildman–Crippen MR) is 104 cm³/mol. The van der Waals surface area contributed by atoms with E-state index >= 15 is 0 Å². The Morgan fingerprint density at radius 3 is 1.78 bits per heavy atom. The summed E-state index contributed by atoms with van der Waals surface area (Å²) in [6.07, 6.45) is 1.99. The van der Waals surface area contributed by atoms with Gasteiger partial charge >= 0.3 is 8.56 Å². The van der Waals surface area contributed by atoms with Crippen molar-refractivity contribution in [2.45, 2.75) is 77.7 Å². The van der Waals surface area contributed by atoms with Crippen LogP contribution in [0, 0.1) is 5.92 Å². The SMILES string of the molecule is CCCOCC1COC1(CC)[Si](C)(O[Si](C)(C)C)O[Si](C)(C)C. The van der Waals surface area contributed by atoms with Crippen molar-refractivity contribution < 1.29 is 17.7 Å². The zero-order valence-electron chi connectivity index (χ0n) is 16.7. The maximum Gasteiger partial charge on any atom is 0.348 e. The van der Waals surface area contributed by atoms with Gasteiger partial charge in [0.1, 0.15) is 5.22 Å². The second-order valence-corrected chi connectivity index (χ2v) is 21.5. The first-order valence-corrected chi connectivity index (χ1v) is 18.1. The van der Waals surface area contributed by atoms with Crippen molar-refractivity contribution in [1.29, 1.82) is 0 Å². The van der Waals surface area contributed by atoms with Crippen LogP contribution in [0.15, 0.2) is 0 Å². The smallest absolute Gasteiger partial charge is 0.348 e. The van der Waals surface area contributed by atoms with Gasteiger partial charge in [-0.3, -0.25) is 0 Å². The lowest BCUT2D eigenvalue weighted by Gasteiger charge is -2.58. The summed E-state index contributed by atoms with van der Waals surface area (Å²) in [4.78, 5) is 0. The Hall–Kier alpha value is 0.491. The third-order valence-corrected chi connectivity index (χ3v) is 14.6. The van der Waals surface area contributed by atoms with Gasteiger partial charge in [0.2, 0.25) is 0 Å². The molecule has 7 heteroatoms. The Morgan fingerprint density at radius 2 is 1.48 bits per heavy atom. The number of hydrogen-bond acceptors (Lipinski definition) is 4. The van der Waals surface area contributed by atoms with E-state index in [-0.39, 0.29) is 5.22 Å². The third kappa shape index (κ3) is 5.49. The molecule has 0 aliphatic carbocycles. The average Bonchev–Trinajstić information content (AvgIpc) is 2.29. The monoisotopic (exact) mass is 378 g/mol. The summed E-state index contributed by atoms with van der Waals surface area (Å²) >= 11 is 0. The van der Waals surface area contributed by atoms with Crippen LogP contribution in [0.4, 0.5) is 0 Å². The Labute approximate surface area is 146 Å². The first-order valence-electron chi connectivity index (χ1n) is 9.01. The normalized spacial score (nSPS) is 26.2. The molecule has 138 valence electrons. The van der Waals surface area contributed by atoms with Crippen LogP contribution in [0.3, 0.4) is 0 Å². The first-order chi connectivity index (χ1) is 10.4. The van der Waals surface area contributed by atoms with Gasteiger partial charge in [-0.2, -0.15) is 0 Å². The van der Waals surface area contributed by atoms with Crippen molar-refractivity contribution in [2.75, 3.05) is 19.8 Å². The van der Waals surface area contributed by atoms with Crippen LogP contribution in [-0.2, 0) is 17.7 Å². The van der Waals surface area contributed by atoms with Gasteiger partial charge in [-0.1, -0.05) is 13.8 Å². The molecule has 1 aliphatic heterocycles. The number of hydrogen-bond donors (Lipinski definition) is 0. The Kier molecular flexibility index (Phi) is 7.30. The fraction of sp³-hybridized carbons (Fsp3) is 1.00. The molecular formula is C16H38O4Si3. The summed E-state index contributed by atoms with van der Waals surface area (Å²) in [5.74, 6) is 0.392. The van der Waals surface area contributed by atoms with E-state index in [0.29, 0.717) is 5.92 Å². The fourth-order valence-corrected chi connectivity index (χ4v) is 16.7. The summed E-state index contributed by atoms with van der Waals surface area (Å²) in [6, 6.07) is 0. The van der Waals surface area contributed by atoms with Gasteiger partial charge in [0, 0.05) is 12.5 Å². The van der Waals surface area contributed by atoms with Crippen LogP contribution in [0.5, 0.6) is 0 Å². The lowest BCUT2D eigenvalue weighted by Crippen LogP contribution is -2.76. The van der Waals surface area contributed by atoms with E-state index in [1.54, 1.807) is 0 Å². The molecule has 1 aliphatic rings. The van der Waals surface area contributed by atoms with Crippen LogP contribution in [-0.4, -0.2) is 50.2 Å². The highest BCUT2D eigenvalue weighted by molar-refractivity contribution is 6.89. The molecule has 1 rings (SSSR count). The lowest BCUT2D eigenvalue weighted by molar-refractivity contribution is -0.190. The van der Waals surface area contributed by atoms with Gasteiger partial charge in [0.15, 0.2) is 16.6 Å². The Bertz CT molecular complexity index is 359. The van der Waals surface area contributed by atoms with Crippen molar-refractivity contribution in [2.24, 2.45) is 5.92 Å². The summed E-state index contributed by atoms with van der Waals surface area (Å²) in [5, 5.41) is -0.263. The average molecular weight is 379 g/mol. The summed E-state index contributed by atoms with van der Waals surface area (Å²) in [7, 11) is -5.95. The van der Waals surface area contributed by atoms with Gasteiger partial charge in [-0.05, 0) is 58.7 Å². The highest BCUT2D eigenvalue weighted by Gasteiger charge is 2.65. The highest BCUT2D eigenvalue weighted by atomic mass is 28.5. The van der Waals surface area contributed by atoms with E-state index in [1.165, 1.54) is 0 Å². The minimum Gasteiger partial charge on any atom is -0.435 e. The van der Waals surface area contributed by atoms with Gasteiger partial charge in [0.05, 0.1) is 13.2 Å². The summed E-state index contributed by atoms with van der Waals surface area (Å²) in [5.41, 5.74) is 0. The molecule has 2 unspecified atom stereocenters. The molecule has 0 aromatic carbocycles.